The van der Waals surface area contributed by atoms with Crippen LogP contribution in [-0.2, 0) is 12.8 Å². The number of hydrogen-bond donors (Lipinski definition) is 1. The second kappa shape index (κ2) is 8.73. The zero-order chi connectivity index (χ0) is 19.2. The topological polar surface area (TPSA) is 56.1 Å². The summed E-state index contributed by atoms with van der Waals surface area (Å²) < 4.78 is 7.30. The summed E-state index contributed by atoms with van der Waals surface area (Å²) in [6.45, 7) is 4.16. The van der Waals surface area contributed by atoms with E-state index in [0.29, 0.717) is 16.5 Å². The smallest absolute Gasteiger partial charge is 0.406 e. The Morgan fingerprint density at radius 2 is 1.81 bits per heavy atom. The van der Waals surface area contributed by atoms with Gasteiger partial charge in [0.1, 0.15) is 0 Å². The first kappa shape index (κ1) is 19.0. The van der Waals surface area contributed by atoms with E-state index in [0.717, 1.165) is 30.6 Å². The van der Waals surface area contributed by atoms with Crippen molar-refractivity contribution in [2.24, 2.45) is 0 Å². The predicted molar refractivity (Wildman–Crippen MR) is 108 cm³/mol. The van der Waals surface area contributed by atoms with Crippen LogP contribution in [0.5, 0.6) is 5.75 Å². The fourth-order valence-electron chi connectivity index (χ4n) is 2.78. The lowest BCUT2D eigenvalue weighted by atomic mass is 10.1. The molecule has 0 atom stereocenters. The summed E-state index contributed by atoms with van der Waals surface area (Å²) in [4.78, 5) is 12.3. The van der Waals surface area contributed by atoms with Gasteiger partial charge in [0.2, 0.25) is 0 Å². The molecule has 0 unspecified atom stereocenters. The van der Waals surface area contributed by atoms with Crippen molar-refractivity contribution in [3.63, 3.8) is 0 Å². The highest BCUT2D eigenvalue weighted by Gasteiger charge is 2.16. The molecule has 27 heavy (non-hydrogen) atoms. The lowest BCUT2D eigenvalue weighted by Gasteiger charge is -2.10. The minimum atomic E-state index is -0.535. The van der Waals surface area contributed by atoms with E-state index in [9.17, 15) is 4.79 Å². The highest BCUT2D eigenvalue weighted by molar-refractivity contribution is 6.30. The minimum Gasteiger partial charge on any atom is -0.406 e. The number of aryl methyl sites for hydroxylation is 1. The second-order valence-electron chi connectivity index (χ2n) is 6.16. The van der Waals surface area contributed by atoms with E-state index >= 15 is 0 Å². The molecule has 0 aliphatic carbocycles. The molecular weight excluding hydrogens is 362 g/mol. The molecule has 140 valence electrons. The van der Waals surface area contributed by atoms with Crippen molar-refractivity contribution >= 4 is 23.4 Å². The Labute approximate surface area is 163 Å². The maximum absolute atomic E-state index is 12.3. The Kier molecular flexibility index (Phi) is 6.14. The van der Waals surface area contributed by atoms with Gasteiger partial charge in [-0.15, -0.1) is 0 Å². The Balaban J connectivity index is 1.77. The Bertz CT molecular complexity index is 902. The third kappa shape index (κ3) is 4.68. The number of nitrogens with one attached hydrogen (secondary N) is 1. The van der Waals surface area contributed by atoms with Crippen LogP contribution in [0.3, 0.4) is 0 Å². The molecule has 1 aromatic heterocycles. The normalized spacial score (nSPS) is 10.6. The van der Waals surface area contributed by atoms with Gasteiger partial charge in [0, 0.05) is 10.7 Å². The number of aromatic nitrogens is 2. The van der Waals surface area contributed by atoms with E-state index in [1.165, 1.54) is 5.56 Å². The highest BCUT2D eigenvalue weighted by Crippen LogP contribution is 2.24. The van der Waals surface area contributed by atoms with Crippen LogP contribution in [0.25, 0.3) is 5.69 Å². The maximum Gasteiger partial charge on any atom is 0.417 e. The molecule has 2 aromatic carbocycles. The summed E-state index contributed by atoms with van der Waals surface area (Å²) in [6, 6.07) is 15.1. The van der Waals surface area contributed by atoms with Gasteiger partial charge in [-0.3, -0.25) is 5.32 Å². The molecule has 0 spiro atoms. The van der Waals surface area contributed by atoms with Gasteiger partial charge < -0.3 is 4.74 Å². The first-order chi connectivity index (χ1) is 13.1. The van der Waals surface area contributed by atoms with Crippen molar-refractivity contribution < 1.29 is 9.53 Å². The number of nitrogens with zero attached hydrogens (tertiary/aromatic N) is 2. The summed E-state index contributed by atoms with van der Waals surface area (Å²) in [5.74, 6) is 0.453. The van der Waals surface area contributed by atoms with Gasteiger partial charge in [0.15, 0.2) is 5.75 Å². The second-order valence-corrected chi connectivity index (χ2v) is 6.60. The van der Waals surface area contributed by atoms with Crippen LogP contribution in [0, 0.1) is 0 Å². The molecule has 5 nitrogen and oxygen atoms in total. The molecule has 0 bridgehead atoms. The zero-order valence-corrected chi connectivity index (χ0v) is 16.2. The summed E-state index contributed by atoms with van der Waals surface area (Å²) in [7, 11) is 0. The van der Waals surface area contributed by atoms with Crippen LogP contribution in [0.15, 0.2) is 54.7 Å². The van der Waals surface area contributed by atoms with E-state index < -0.39 is 6.09 Å². The van der Waals surface area contributed by atoms with Crippen LogP contribution in [0.2, 0.25) is 5.02 Å². The van der Waals surface area contributed by atoms with E-state index in [1.807, 2.05) is 48.5 Å². The third-order valence-electron chi connectivity index (χ3n) is 4.20. The van der Waals surface area contributed by atoms with Crippen molar-refractivity contribution in [3.05, 3.63) is 71.0 Å². The van der Waals surface area contributed by atoms with Gasteiger partial charge >= 0.3 is 6.09 Å². The van der Waals surface area contributed by atoms with Gasteiger partial charge in [-0.25, -0.2) is 9.48 Å². The standard InChI is InChI=1S/C21H22ClN3O2/c1-3-5-19-20(14-23-25(19)18-12-8-16(22)9-13-18)27-21(26)24-17-10-6-15(4-2)7-11-17/h6-14H,3-5H2,1-2H3,(H,24,26). The lowest BCUT2D eigenvalue weighted by molar-refractivity contribution is 0.214. The average Bonchev–Trinajstić information content (AvgIpc) is 3.05. The minimum absolute atomic E-state index is 0.453. The van der Waals surface area contributed by atoms with Gasteiger partial charge in [0.05, 0.1) is 17.6 Å². The monoisotopic (exact) mass is 383 g/mol. The van der Waals surface area contributed by atoms with E-state index in [1.54, 1.807) is 10.9 Å². The predicted octanol–water partition coefficient (Wildman–Crippen LogP) is 5.65. The Morgan fingerprint density at radius 3 is 2.44 bits per heavy atom. The van der Waals surface area contributed by atoms with Crippen molar-refractivity contribution in [1.82, 2.24) is 9.78 Å². The molecule has 0 radical (unpaired) electrons. The van der Waals surface area contributed by atoms with Gasteiger partial charge in [-0.05, 0) is 54.8 Å². The fourth-order valence-corrected chi connectivity index (χ4v) is 2.91. The van der Waals surface area contributed by atoms with E-state index in [4.69, 9.17) is 16.3 Å². The van der Waals surface area contributed by atoms with Crippen molar-refractivity contribution in [2.75, 3.05) is 5.32 Å². The van der Waals surface area contributed by atoms with Crippen molar-refractivity contribution in [3.8, 4) is 11.4 Å². The summed E-state index contributed by atoms with van der Waals surface area (Å²) in [6.07, 6.45) is 3.62. The van der Waals surface area contributed by atoms with Gasteiger partial charge in [0.25, 0.3) is 0 Å². The molecule has 3 rings (SSSR count). The van der Waals surface area contributed by atoms with Crippen LogP contribution in [0.1, 0.15) is 31.5 Å². The molecule has 0 saturated heterocycles. The van der Waals surface area contributed by atoms with Crippen LogP contribution in [-0.4, -0.2) is 15.9 Å². The van der Waals surface area contributed by atoms with Crippen molar-refractivity contribution in [2.45, 2.75) is 33.1 Å². The SMILES string of the molecule is CCCc1c(OC(=O)Nc2ccc(CC)cc2)cnn1-c1ccc(Cl)cc1. The molecule has 0 aliphatic heterocycles. The van der Waals surface area contributed by atoms with Crippen LogP contribution in [0.4, 0.5) is 10.5 Å². The fraction of sp³-hybridized carbons (Fsp3) is 0.238. The number of halogens is 1. The summed E-state index contributed by atoms with van der Waals surface area (Å²) >= 11 is 5.96. The summed E-state index contributed by atoms with van der Waals surface area (Å²) in [5.41, 5.74) is 3.62. The lowest BCUT2D eigenvalue weighted by Crippen LogP contribution is -2.17. The molecule has 0 aliphatic rings. The number of ether oxygens (including phenoxy) is 1. The molecule has 0 saturated carbocycles. The molecule has 3 aromatic rings. The summed E-state index contributed by atoms with van der Waals surface area (Å²) in [5, 5.41) is 7.80. The molecule has 1 amide bonds. The number of rotatable bonds is 6. The molecular formula is C21H22ClN3O2. The number of amides is 1. The van der Waals surface area contributed by atoms with Gasteiger partial charge in [-0.1, -0.05) is 44.0 Å². The molecule has 0 fully saturated rings. The quantitative estimate of drug-likeness (QED) is 0.598. The molecule has 1 N–H and O–H groups in total. The zero-order valence-electron chi connectivity index (χ0n) is 15.4. The Morgan fingerprint density at radius 1 is 1.11 bits per heavy atom. The number of anilines is 1. The molecule has 6 heteroatoms. The number of benzene rings is 2. The average molecular weight is 384 g/mol. The molecule has 1 heterocycles. The largest absolute Gasteiger partial charge is 0.417 e. The van der Waals surface area contributed by atoms with Crippen LogP contribution >= 0.6 is 11.6 Å². The number of carbonyl (C=O) groups is 1. The van der Waals surface area contributed by atoms with E-state index in [2.05, 4.69) is 24.3 Å². The Hall–Kier alpha value is -2.79. The maximum atomic E-state index is 12.3. The van der Waals surface area contributed by atoms with E-state index in [-0.39, 0.29) is 0 Å². The van der Waals surface area contributed by atoms with Gasteiger partial charge in [-0.2, -0.15) is 5.10 Å². The highest BCUT2D eigenvalue weighted by atomic mass is 35.5. The first-order valence-electron chi connectivity index (χ1n) is 9.01. The first-order valence-corrected chi connectivity index (χ1v) is 9.39. The third-order valence-corrected chi connectivity index (χ3v) is 4.45. The number of carbonyl (C=O) groups excluding carboxylic acids is 1. The van der Waals surface area contributed by atoms with Crippen molar-refractivity contribution in [1.29, 1.82) is 0 Å². The van der Waals surface area contributed by atoms with Crippen LogP contribution < -0.4 is 10.1 Å². The number of hydrogen-bond acceptors (Lipinski definition) is 3.